The van der Waals surface area contributed by atoms with Crippen molar-refractivity contribution >= 4 is 40.8 Å². The molecule has 1 aromatic carbocycles. The summed E-state index contributed by atoms with van der Waals surface area (Å²) >= 11 is 6.52. The molecule has 3 heterocycles. The third-order valence-electron chi connectivity index (χ3n) is 5.52. The first-order chi connectivity index (χ1) is 15.3. The van der Waals surface area contributed by atoms with E-state index >= 15 is 0 Å². The van der Waals surface area contributed by atoms with Crippen molar-refractivity contribution in [1.82, 2.24) is 20.2 Å². The number of nitrogens with one attached hydrogen (secondary N) is 2. The standard InChI is InChI=1S/C22H25ClN6O3/c1-12-4-5-19(32-11-12)29(18-6-7-25-28-18)20-16(23)10-24-22(27-20)26-17-9-13(2)15(21(30)31)8-14(17)3/h6-10,12,19H,4-5,11H2,1-3H3,(H,25,28)(H,30,31)(H,24,26,27). The minimum absolute atomic E-state index is 0.245. The molecule has 0 saturated carbocycles. The quantitative estimate of drug-likeness (QED) is 0.483. The molecule has 1 fully saturated rings. The summed E-state index contributed by atoms with van der Waals surface area (Å²) in [5, 5.41) is 20.0. The van der Waals surface area contributed by atoms with Crippen LogP contribution in [0.2, 0.25) is 5.02 Å². The van der Waals surface area contributed by atoms with Crippen LogP contribution in [0.3, 0.4) is 0 Å². The van der Waals surface area contributed by atoms with E-state index in [1.165, 1.54) is 6.20 Å². The van der Waals surface area contributed by atoms with Gasteiger partial charge in [0.05, 0.1) is 24.6 Å². The topological polar surface area (TPSA) is 116 Å². The van der Waals surface area contributed by atoms with Crippen LogP contribution in [0.15, 0.2) is 30.6 Å². The summed E-state index contributed by atoms with van der Waals surface area (Å²) in [5.41, 5.74) is 2.39. The Kier molecular flexibility index (Phi) is 6.29. The summed E-state index contributed by atoms with van der Waals surface area (Å²) in [7, 11) is 0. The second-order valence-electron chi connectivity index (χ2n) is 8.06. The van der Waals surface area contributed by atoms with Gasteiger partial charge in [-0.2, -0.15) is 10.1 Å². The Morgan fingerprint density at radius 3 is 2.78 bits per heavy atom. The number of hydrogen-bond donors (Lipinski definition) is 3. The molecule has 0 radical (unpaired) electrons. The van der Waals surface area contributed by atoms with Crippen LogP contribution in [-0.4, -0.2) is 44.1 Å². The molecule has 32 heavy (non-hydrogen) atoms. The average molecular weight is 457 g/mol. The molecule has 4 rings (SSSR count). The Bertz CT molecular complexity index is 1110. The van der Waals surface area contributed by atoms with Gasteiger partial charge in [0, 0.05) is 11.8 Å². The van der Waals surface area contributed by atoms with Gasteiger partial charge >= 0.3 is 5.97 Å². The molecule has 9 nitrogen and oxygen atoms in total. The van der Waals surface area contributed by atoms with Gasteiger partial charge in [-0.25, -0.2) is 9.78 Å². The number of carbonyl (C=O) groups is 1. The van der Waals surface area contributed by atoms with E-state index in [0.29, 0.717) is 40.7 Å². The highest BCUT2D eigenvalue weighted by Crippen LogP contribution is 2.35. The normalized spacial score (nSPS) is 18.4. The van der Waals surface area contributed by atoms with Gasteiger partial charge in [-0.15, -0.1) is 0 Å². The maximum Gasteiger partial charge on any atom is 0.335 e. The molecule has 2 aromatic heterocycles. The maximum absolute atomic E-state index is 11.4. The first-order valence-electron chi connectivity index (χ1n) is 10.4. The van der Waals surface area contributed by atoms with Gasteiger partial charge in [0.25, 0.3) is 0 Å². The van der Waals surface area contributed by atoms with Crippen LogP contribution in [0.4, 0.5) is 23.3 Å². The average Bonchev–Trinajstić information content (AvgIpc) is 3.28. The van der Waals surface area contributed by atoms with Crippen LogP contribution in [0.25, 0.3) is 0 Å². The number of aryl methyl sites for hydroxylation is 2. The monoisotopic (exact) mass is 456 g/mol. The number of H-pyrrole nitrogens is 1. The number of nitrogens with zero attached hydrogens (tertiary/aromatic N) is 4. The molecule has 3 N–H and O–H groups in total. The number of ether oxygens (including phenoxy) is 1. The van der Waals surface area contributed by atoms with Gasteiger partial charge in [-0.1, -0.05) is 18.5 Å². The molecule has 2 unspecified atom stereocenters. The lowest BCUT2D eigenvalue weighted by Gasteiger charge is -2.36. The van der Waals surface area contributed by atoms with Crippen molar-refractivity contribution in [3.8, 4) is 0 Å². The van der Waals surface area contributed by atoms with Crippen LogP contribution in [0.5, 0.6) is 0 Å². The van der Waals surface area contributed by atoms with Crippen LogP contribution >= 0.6 is 11.6 Å². The molecule has 3 aromatic rings. The molecule has 1 saturated heterocycles. The van der Waals surface area contributed by atoms with Crippen LogP contribution in [-0.2, 0) is 4.74 Å². The Morgan fingerprint density at radius 1 is 1.31 bits per heavy atom. The van der Waals surface area contributed by atoms with Crippen molar-refractivity contribution in [3.05, 3.63) is 52.3 Å². The van der Waals surface area contributed by atoms with Crippen LogP contribution in [0.1, 0.15) is 41.3 Å². The van der Waals surface area contributed by atoms with Crippen molar-refractivity contribution in [2.45, 2.75) is 39.8 Å². The third-order valence-corrected chi connectivity index (χ3v) is 5.78. The van der Waals surface area contributed by atoms with E-state index in [9.17, 15) is 9.90 Å². The summed E-state index contributed by atoms with van der Waals surface area (Å²) in [6, 6.07) is 5.24. The SMILES string of the molecule is Cc1cc(C(=O)O)c(C)cc1Nc1ncc(Cl)c(N(c2ccn[nH]2)C2CCC(C)CO2)n1. The summed E-state index contributed by atoms with van der Waals surface area (Å²) in [5.74, 6) is 1.08. The number of rotatable bonds is 6. The largest absolute Gasteiger partial charge is 0.478 e. The Hall–Kier alpha value is -3.17. The first-order valence-corrected chi connectivity index (χ1v) is 10.8. The molecule has 0 amide bonds. The number of anilines is 4. The maximum atomic E-state index is 11.4. The van der Waals surface area contributed by atoms with E-state index in [0.717, 1.165) is 24.1 Å². The van der Waals surface area contributed by atoms with E-state index in [-0.39, 0.29) is 11.8 Å². The lowest BCUT2D eigenvalue weighted by atomic mass is 10.0. The zero-order valence-electron chi connectivity index (χ0n) is 18.1. The number of halogens is 1. The van der Waals surface area contributed by atoms with Gasteiger partial charge < -0.3 is 15.2 Å². The fraction of sp³-hybridized carbons (Fsp3) is 0.364. The lowest BCUT2D eigenvalue weighted by molar-refractivity contribution is -0.00710. The summed E-state index contributed by atoms with van der Waals surface area (Å²) in [4.78, 5) is 22.3. The molecular formula is C22H25ClN6O3. The second-order valence-corrected chi connectivity index (χ2v) is 8.47. The minimum Gasteiger partial charge on any atom is -0.478 e. The van der Waals surface area contributed by atoms with Crippen molar-refractivity contribution in [2.75, 3.05) is 16.8 Å². The van der Waals surface area contributed by atoms with Crippen molar-refractivity contribution < 1.29 is 14.6 Å². The van der Waals surface area contributed by atoms with E-state index in [1.807, 2.05) is 17.9 Å². The van der Waals surface area contributed by atoms with Gasteiger partial charge in [-0.3, -0.25) is 10.00 Å². The Labute approximate surface area is 190 Å². The van der Waals surface area contributed by atoms with E-state index < -0.39 is 5.97 Å². The molecule has 2 atom stereocenters. The highest BCUT2D eigenvalue weighted by Gasteiger charge is 2.30. The fourth-order valence-corrected chi connectivity index (χ4v) is 3.93. The number of carboxylic acid groups (broad SMARTS) is 1. The molecule has 1 aliphatic heterocycles. The zero-order valence-corrected chi connectivity index (χ0v) is 18.8. The number of hydrogen-bond acceptors (Lipinski definition) is 7. The van der Waals surface area contributed by atoms with E-state index in [2.05, 4.69) is 32.4 Å². The Morgan fingerprint density at radius 2 is 2.12 bits per heavy atom. The summed E-state index contributed by atoms with van der Waals surface area (Å²) in [6.07, 6.45) is 4.80. The van der Waals surface area contributed by atoms with Gasteiger partial charge in [-0.05, 0) is 55.9 Å². The van der Waals surface area contributed by atoms with Gasteiger partial charge in [0.2, 0.25) is 5.95 Å². The fourth-order valence-electron chi connectivity index (χ4n) is 3.75. The number of carboxylic acids is 1. The molecule has 0 bridgehead atoms. The zero-order chi connectivity index (χ0) is 22.8. The van der Waals surface area contributed by atoms with Gasteiger partial charge in [0.1, 0.15) is 17.1 Å². The number of aromatic amines is 1. The number of aromatic carboxylic acids is 1. The number of benzene rings is 1. The second kappa shape index (κ2) is 9.13. The van der Waals surface area contributed by atoms with E-state index in [4.69, 9.17) is 16.3 Å². The molecule has 1 aliphatic rings. The van der Waals surface area contributed by atoms with Crippen molar-refractivity contribution in [3.63, 3.8) is 0 Å². The molecule has 10 heteroatoms. The van der Waals surface area contributed by atoms with Crippen LogP contribution < -0.4 is 10.2 Å². The summed E-state index contributed by atoms with van der Waals surface area (Å²) in [6.45, 7) is 6.40. The molecule has 0 spiro atoms. The smallest absolute Gasteiger partial charge is 0.335 e. The minimum atomic E-state index is -0.959. The van der Waals surface area contributed by atoms with Crippen molar-refractivity contribution in [2.24, 2.45) is 5.92 Å². The number of aromatic nitrogens is 4. The highest BCUT2D eigenvalue weighted by atomic mass is 35.5. The third kappa shape index (κ3) is 4.53. The van der Waals surface area contributed by atoms with Crippen LogP contribution in [0, 0.1) is 19.8 Å². The predicted octanol–water partition coefficient (Wildman–Crippen LogP) is 4.82. The molecule has 168 valence electrons. The molecule has 0 aliphatic carbocycles. The Balaban J connectivity index is 1.68. The molecular weight excluding hydrogens is 432 g/mol. The lowest BCUT2D eigenvalue weighted by Crippen LogP contribution is -2.39. The predicted molar refractivity (Wildman–Crippen MR) is 122 cm³/mol. The first kappa shape index (κ1) is 22.0. The van der Waals surface area contributed by atoms with E-state index in [1.54, 1.807) is 25.3 Å². The summed E-state index contributed by atoms with van der Waals surface area (Å²) < 4.78 is 6.10. The van der Waals surface area contributed by atoms with Gasteiger partial charge in [0.15, 0.2) is 5.82 Å². The van der Waals surface area contributed by atoms with Crippen molar-refractivity contribution in [1.29, 1.82) is 0 Å². The highest BCUT2D eigenvalue weighted by molar-refractivity contribution is 6.33.